The Morgan fingerprint density at radius 1 is 1.29 bits per heavy atom. The largest absolute Gasteiger partial charge is 0.481 e. The van der Waals surface area contributed by atoms with Crippen molar-refractivity contribution in [2.75, 3.05) is 31.6 Å². The minimum Gasteiger partial charge on any atom is -0.481 e. The lowest BCUT2D eigenvalue weighted by molar-refractivity contribution is -0.141. The van der Waals surface area contributed by atoms with Crippen LogP contribution in [0.2, 0.25) is 0 Å². The van der Waals surface area contributed by atoms with E-state index in [0.29, 0.717) is 44.9 Å². The maximum absolute atomic E-state index is 13.1. The van der Waals surface area contributed by atoms with Crippen molar-refractivity contribution >= 4 is 29.0 Å². The van der Waals surface area contributed by atoms with Gasteiger partial charge in [0, 0.05) is 38.7 Å². The number of para-hydroxylation sites is 2. The van der Waals surface area contributed by atoms with Gasteiger partial charge in [-0.2, -0.15) is 4.98 Å². The zero-order chi connectivity index (χ0) is 19.7. The van der Waals surface area contributed by atoms with Crippen LogP contribution in [-0.4, -0.2) is 65.8 Å². The number of piperidine rings is 1. The van der Waals surface area contributed by atoms with Crippen molar-refractivity contribution < 1.29 is 23.8 Å². The summed E-state index contributed by atoms with van der Waals surface area (Å²) in [7, 11) is 1.61. The van der Waals surface area contributed by atoms with Crippen molar-refractivity contribution in [3.05, 3.63) is 24.3 Å². The SMILES string of the molecule is COC1CC(CC(=O)O)N(C(=O)C2CCN(c3nc4ccccc4o3)CC2)C1. The summed E-state index contributed by atoms with van der Waals surface area (Å²) in [6.07, 6.45) is 1.86. The lowest BCUT2D eigenvalue weighted by Crippen LogP contribution is -2.45. The molecule has 150 valence electrons. The number of ether oxygens (including phenoxy) is 1. The molecule has 0 aliphatic carbocycles. The molecule has 0 bridgehead atoms. The predicted molar refractivity (Wildman–Crippen MR) is 102 cm³/mol. The summed E-state index contributed by atoms with van der Waals surface area (Å²) < 4.78 is 11.2. The number of methoxy groups -OCH3 is 1. The Labute approximate surface area is 163 Å². The van der Waals surface area contributed by atoms with E-state index in [1.165, 1.54) is 0 Å². The Morgan fingerprint density at radius 2 is 2.04 bits per heavy atom. The number of fused-ring (bicyclic) bond motifs is 1. The Bertz CT molecular complexity index is 825. The number of amides is 1. The van der Waals surface area contributed by atoms with Gasteiger partial charge in [-0.15, -0.1) is 0 Å². The minimum absolute atomic E-state index is 0.0344. The highest BCUT2D eigenvalue weighted by molar-refractivity contribution is 5.81. The highest BCUT2D eigenvalue weighted by Gasteiger charge is 2.40. The summed E-state index contributed by atoms with van der Waals surface area (Å²) in [4.78, 5) is 32.5. The Morgan fingerprint density at radius 3 is 2.71 bits per heavy atom. The zero-order valence-corrected chi connectivity index (χ0v) is 15.9. The third-order valence-corrected chi connectivity index (χ3v) is 5.80. The minimum atomic E-state index is -0.884. The first-order valence-electron chi connectivity index (χ1n) is 9.70. The topological polar surface area (TPSA) is 96.1 Å². The average Bonchev–Trinajstić information content (AvgIpc) is 3.31. The van der Waals surface area contributed by atoms with E-state index in [4.69, 9.17) is 14.3 Å². The van der Waals surface area contributed by atoms with Crippen LogP contribution in [0.1, 0.15) is 25.7 Å². The van der Waals surface area contributed by atoms with E-state index in [9.17, 15) is 9.59 Å². The molecule has 3 heterocycles. The lowest BCUT2D eigenvalue weighted by atomic mass is 9.95. The summed E-state index contributed by atoms with van der Waals surface area (Å²) >= 11 is 0. The number of aromatic nitrogens is 1. The van der Waals surface area contributed by atoms with Gasteiger partial charge < -0.3 is 24.1 Å². The Balaban J connectivity index is 1.39. The highest BCUT2D eigenvalue weighted by atomic mass is 16.5. The molecule has 0 spiro atoms. The standard InChI is InChI=1S/C20H25N3O5/c1-27-15-10-14(11-18(24)25)23(12-15)19(26)13-6-8-22(9-7-13)20-21-16-4-2-3-5-17(16)28-20/h2-5,13-15H,6-12H2,1H3,(H,24,25). The van der Waals surface area contributed by atoms with Gasteiger partial charge in [-0.05, 0) is 31.4 Å². The third-order valence-electron chi connectivity index (χ3n) is 5.80. The number of aliphatic carboxylic acids is 1. The number of carboxylic acids is 1. The highest BCUT2D eigenvalue weighted by Crippen LogP contribution is 2.30. The molecular weight excluding hydrogens is 362 g/mol. The van der Waals surface area contributed by atoms with Crippen LogP contribution in [-0.2, 0) is 14.3 Å². The van der Waals surface area contributed by atoms with Gasteiger partial charge in [0.25, 0.3) is 6.01 Å². The zero-order valence-electron chi connectivity index (χ0n) is 15.9. The summed E-state index contributed by atoms with van der Waals surface area (Å²) in [6.45, 7) is 1.85. The van der Waals surface area contributed by atoms with E-state index in [1.807, 2.05) is 24.3 Å². The van der Waals surface area contributed by atoms with Gasteiger partial charge in [-0.1, -0.05) is 12.1 Å². The van der Waals surface area contributed by atoms with Gasteiger partial charge in [0.15, 0.2) is 5.58 Å². The summed E-state index contributed by atoms with van der Waals surface area (Å²) in [5.74, 6) is -0.944. The molecule has 0 saturated carbocycles. The van der Waals surface area contributed by atoms with Crippen molar-refractivity contribution in [3.8, 4) is 0 Å². The fourth-order valence-electron chi connectivity index (χ4n) is 4.26. The average molecular weight is 387 g/mol. The number of nitrogens with zero attached hydrogens (tertiary/aromatic N) is 3. The first-order chi connectivity index (χ1) is 13.5. The van der Waals surface area contributed by atoms with Crippen LogP contribution in [0.15, 0.2) is 28.7 Å². The number of benzene rings is 1. The number of carbonyl (C=O) groups excluding carboxylic acids is 1. The molecule has 28 heavy (non-hydrogen) atoms. The Hall–Kier alpha value is -2.61. The molecule has 8 nitrogen and oxygen atoms in total. The first kappa shape index (κ1) is 18.7. The molecule has 2 unspecified atom stereocenters. The molecule has 0 radical (unpaired) electrons. The van der Waals surface area contributed by atoms with Crippen molar-refractivity contribution in [2.45, 2.75) is 37.8 Å². The quantitative estimate of drug-likeness (QED) is 0.839. The van der Waals surface area contributed by atoms with E-state index >= 15 is 0 Å². The normalized spacial score (nSPS) is 23.5. The molecule has 1 aromatic heterocycles. The lowest BCUT2D eigenvalue weighted by Gasteiger charge is -2.34. The summed E-state index contributed by atoms with van der Waals surface area (Å²) in [5.41, 5.74) is 1.59. The number of likely N-dealkylation sites (tertiary alicyclic amines) is 1. The summed E-state index contributed by atoms with van der Waals surface area (Å²) in [5, 5.41) is 9.16. The van der Waals surface area contributed by atoms with Gasteiger partial charge in [0.05, 0.1) is 12.5 Å². The van der Waals surface area contributed by atoms with E-state index in [1.54, 1.807) is 12.0 Å². The number of hydrogen-bond donors (Lipinski definition) is 1. The number of oxazole rings is 1. The van der Waals surface area contributed by atoms with Crippen LogP contribution >= 0.6 is 0 Å². The fraction of sp³-hybridized carbons (Fsp3) is 0.550. The Kier molecular flexibility index (Phi) is 5.21. The second-order valence-electron chi connectivity index (χ2n) is 7.56. The second-order valence-corrected chi connectivity index (χ2v) is 7.56. The molecule has 8 heteroatoms. The summed E-state index contributed by atoms with van der Waals surface area (Å²) in [6, 6.07) is 7.96. The molecular formula is C20H25N3O5. The number of carbonyl (C=O) groups is 2. The van der Waals surface area contributed by atoms with E-state index in [-0.39, 0.29) is 30.4 Å². The second kappa shape index (κ2) is 7.79. The van der Waals surface area contributed by atoms with Crippen LogP contribution in [0.4, 0.5) is 6.01 Å². The molecule has 2 aliphatic heterocycles. The number of hydrogen-bond acceptors (Lipinski definition) is 6. The third kappa shape index (κ3) is 3.69. The van der Waals surface area contributed by atoms with Crippen molar-refractivity contribution in [1.82, 2.24) is 9.88 Å². The molecule has 1 aromatic carbocycles. The van der Waals surface area contributed by atoms with Gasteiger partial charge >= 0.3 is 5.97 Å². The molecule has 1 N–H and O–H groups in total. The van der Waals surface area contributed by atoms with Gasteiger partial charge in [0.1, 0.15) is 5.52 Å². The van der Waals surface area contributed by atoms with Crippen LogP contribution in [0, 0.1) is 5.92 Å². The smallest absolute Gasteiger partial charge is 0.305 e. The number of carboxylic acid groups (broad SMARTS) is 1. The van der Waals surface area contributed by atoms with Crippen molar-refractivity contribution in [1.29, 1.82) is 0 Å². The maximum Gasteiger partial charge on any atom is 0.305 e. The molecule has 2 atom stereocenters. The van der Waals surface area contributed by atoms with E-state index in [0.717, 1.165) is 11.1 Å². The monoisotopic (exact) mass is 387 g/mol. The molecule has 2 fully saturated rings. The molecule has 2 saturated heterocycles. The molecule has 4 rings (SSSR count). The van der Waals surface area contributed by atoms with Crippen LogP contribution in [0.25, 0.3) is 11.1 Å². The van der Waals surface area contributed by atoms with Gasteiger partial charge in [0.2, 0.25) is 5.91 Å². The maximum atomic E-state index is 13.1. The van der Waals surface area contributed by atoms with Crippen molar-refractivity contribution in [3.63, 3.8) is 0 Å². The first-order valence-corrected chi connectivity index (χ1v) is 9.70. The fourth-order valence-corrected chi connectivity index (χ4v) is 4.26. The van der Waals surface area contributed by atoms with Crippen LogP contribution in [0.5, 0.6) is 0 Å². The van der Waals surface area contributed by atoms with Crippen LogP contribution < -0.4 is 4.90 Å². The molecule has 2 aliphatic rings. The van der Waals surface area contributed by atoms with Crippen LogP contribution in [0.3, 0.4) is 0 Å². The molecule has 1 amide bonds. The van der Waals surface area contributed by atoms with Gasteiger partial charge in [-0.3, -0.25) is 9.59 Å². The predicted octanol–water partition coefficient (Wildman–Crippen LogP) is 2.13. The van der Waals surface area contributed by atoms with Gasteiger partial charge in [-0.25, -0.2) is 0 Å². The number of rotatable bonds is 5. The number of anilines is 1. The molecule has 2 aromatic rings. The van der Waals surface area contributed by atoms with Crippen molar-refractivity contribution in [2.24, 2.45) is 5.92 Å². The van der Waals surface area contributed by atoms with E-state index < -0.39 is 5.97 Å². The van der Waals surface area contributed by atoms with E-state index in [2.05, 4.69) is 9.88 Å².